The van der Waals surface area contributed by atoms with Gasteiger partial charge >= 0.3 is 0 Å². The second kappa shape index (κ2) is 5.13. The molecule has 3 aromatic rings. The van der Waals surface area contributed by atoms with Gasteiger partial charge in [0.15, 0.2) is 11.6 Å². The van der Waals surface area contributed by atoms with Crippen LogP contribution < -0.4 is 0 Å². The molecule has 3 rings (SSSR count). The van der Waals surface area contributed by atoms with Crippen molar-refractivity contribution in [1.29, 1.82) is 0 Å². The second-order valence-corrected chi connectivity index (χ2v) is 5.39. The second-order valence-electron chi connectivity index (χ2n) is 4.53. The van der Waals surface area contributed by atoms with Crippen molar-refractivity contribution in [3.63, 3.8) is 0 Å². The van der Waals surface area contributed by atoms with Crippen LogP contribution in [0, 0.1) is 18.6 Å². The third-order valence-corrected chi connectivity index (χ3v) is 3.91. The number of nitrogens with zero attached hydrogens (tertiary/aromatic N) is 1. The minimum Gasteiger partial charge on any atom is -0.236 e. The molecule has 1 aromatic heterocycles. The monoisotopic (exact) mass is 287 g/mol. The highest BCUT2D eigenvalue weighted by atomic mass is 32.1. The molecule has 1 nitrogen and oxygen atoms in total. The number of halogens is 2. The molecule has 0 aliphatic carbocycles. The molecular formula is C16H11F2NS. The van der Waals surface area contributed by atoms with Crippen molar-refractivity contribution in [2.75, 3.05) is 0 Å². The molecule has 0 aliphatic heterocycles. The largest absolute Gasteiger partial charge is 0.236 e. The van der Waals surface area contributed by atoms with Crippen LogP contribution in [0.5, 0.6) is 0 Å². The fourth-order valence-electron chi connectivity index (χ4n) is 1.89. The van der Waals surface area contributed by atoms with Gasteiger partial charge in [-0.1, -0.05) is 29.8 Å². The highest BCUT2D eigenvalue weighted by molar-refractivity contribution is 7.13. The zero-order valence-electron chi connectivity index (χ0n) is 10.7. The average Bonchev–Trinajstić information content (AvgIpc) is 2.92. The maximum Gasteiger partial charge on any atom is 0.159 e. The van der Waals surface area contributed by atoms with Crippen molar-refractivity contribution in [1.82, 2.24) is 4.98 Å². The van der Waals surface area contributed by atoms with Crippen LogP contribution >= 0.6 is 11.3 Å². The van der Waals surface area contributed by atoms with Gasteiger partial charge in [-0.2, -0.15) is 0 Å². The maximum absolute atomic E-state index is 13.2. The van der Waals surface area contributed by atoms with Crippen molar-refractivity contribution in [2.45, 2.75) is 6.92 Å². The van der Waals surface area contributed by atoms with Crippen LogP contribution in [-0.2, 0) is 0 Å². The van der Waals surface area contributed by atoms with Crippen molar-refractivity contribution in [3.8, 4) is 21.8 Å². The van der Waals surface area contributed by atoms with Crippen LogP contribution in [0.4, 0.5) is 8.78 Å². The predicted octanol–water partition coefficient (Wildman–Crippen LogP) is 5.06. The summed E-state index contributed by atoms with van der Waals surface area (Å²) in [5.41, 5.74) is 3.45. The quantitative estimate of drug-likeness (QED) is 0.641. The van der Waals surface area contributed by atoms with E-state index in [0.29, 0.717) is 11.3 Å². The SMILES string of the molecule is Cc1ccc(-c2nc(-c3ccc(F)c(F)c3)cs2)cc1. The summed E-state index contributed by atoms with van der Waals surface area (Å²) < 4.78 is 26.2. The molecule has 0 bridgehead atoms. The first-order valence-corrected chi connectivity index (χ1v) is 6.99. The first-order valence-electron chi connectivity index (χ1n) is 6.11. The standard InChI is InChI=1S/C16H11F2NS/c1-10-2-4-11(5-3-10)16-19-15(9-20-16)12-6-7-13(17)14(18)8-12/h2-9H,1H3. The molecule has 0 aliphatic rings. The summed E-state index contributed by atoms with van der Waals surface area (Å²) in [6, 6.07) is 11.9. The summed E-state index contributed by atoms with van der Waals surface area (Å²) in [6.07, 6.45) is 0. The molecule has 0 spiro atoms. The van der Waals surface area contributed by atoms with E-state index in [1.807, 2.05) is 36.6 Å². The Labute approximate surface area is 119 Å². The maximum atomic E-state index is 13.2. The third kappa shape index (κ3) is 2.47. The van der Waals surface area contributed by atoms with E-state index >= 15 is 0 Å². The minimum atomic E-state index is -0.854. The number of rotatable bonds is 2. The molecule has 0 fully saturated rings. The molecule has 0 saturated carbocycles. The Morgan fingerprint density at radius 2 is 1.60 bits per heavy atom. The number of hydrogen-bond donors (Lipinski definition) is 0. The van der Waals surface area contributed by atoms with Crippen LogP contribution in [0.2, 0.25) is 0 Å². The lowest BCUT2D eigenvalue weighted by atomic mass is 10.1. The molecule has 0 radical (unpaired) electrons. The lowest BCUT2D eigenvalue weighted by Gasteiger charge is -1.99. The molecular weight excluding hydrogens is 276 g/mol. The molecule has 100 valence electrons. The molecule has 0 amide bonds. The summed E-state index contributed by atoms with van der Waals surface area (Å²) in [7, 11) is 0. The van der Waals surface area contributed by atoms with Crippen molar-refractivity contribution >= 4 is 11.3 Å². The molecule has 4 heteroatoms. The smallest absolute Gasteiger partial charge is 0.159 e. The normalized spacial score (nSPS) is 10.8. The molecule has 0 N–H and O–H groups in total. The molecule has 2 aromatic carbocycles. The van der Waals surface area contributed by atoms with Crippen LogP contribution in [0.3, 0.4) is 0 Å². The highest BCUT2D eigenvalue weighted by Crippen LogP contribution is 2.29. The lowest BCUT2D eigenvalue weighted by Crippen LogP contribution is -1.85. The van der Waals surface area contributed by atoms with Gasteiger partial charge in [0.25, 0.3) is 0 Å². The summed E-state index contributed by atoms with van der Waals surface area (Å²) in [6.45, 7) is 2.03. The van der Waals surface area contributed by atoms with Gasteiger partial charge in [0.05, 0.1) is 5.69 Å². The Morgan fingerprint density at radius 3 is 2.30 bits per heavy atom. The highest BCUT2D eigenvalue weighted by Gasteiger charge is 2.09. The van der Waals surface area contributed by atoms with Gasteiger partial charge in [0.2, 0.25) is 0 Å². The van der Waals surface area contributed by atoms with Gasteiger partial charge in [-0.25, -0.2) is 13.8 Å². The third-order valence-electron chi connectivity index (χ3n) is 3.02. The molecule has 1 heterocycles. The van der Waals surface area contributed by atoms with Gasteiger partial charge in [-0.15, -0.1) is 11.3 Å². The summed E-state index contributed by atoms with van der Waals surface area (Å²) in [4.78, 5) is 4.48. The fourth-order valence-corrected chi connectivity index (χ4v) is 2.73. The Bertz CT molecular complexity index is 747. The van der Waals surface area contributed by atoms with Crippen LogP contribution in [0.25, 0.3) is 21.8 Å². The van der Waals surface area contributed by atoms with Crippen molar-refractivity contribution in [2.24, 2.45) is 0 Å². The Balaban J connectivity index is 1.97. The zero-order valence-corrected chi connectivity index (χ0v) is 11.5. The Kier molecular flexibility index (Phi) is 3.32. The number of hydrogen-bond acceptors (Lipinski definition) is 2. The van der Waals surface area contributed by atoms with Gasteiger partial charge in [-0.3, -0.25) is 0 Å². The molecule has 0 atom stereocenters. The van der Waals surface area contributed by atoms with Gasteiger partial charge < -0.3 is 0 Å². The predicted molar refractivity (Wildman–Crippen MR) is 77.6 cm³/mol. The number of aromatic nitrogens is 1. The van der Waals surface area contributed by atoms with E-state index < -0.39 is 11.6 Å². The van der Waals surface area contributed by atoms with Gasteiger partial charge in [0, 0.05) is 16.5 Å². The minimum absolute atomic E-state index is 0.582. The van der Waals surface area contributed by atoms with E-state index in [0.717, 1.165) is 16.6 Å². The van der Waals surface area contributed by atoms with E-state index in [9.17, 15) is 8.78 Å². The van der Waals surface area contributed by atoms with Crippen molar-refractivity contribution < 1.29 is 8.78 Å². The molecule has 0 saturated heterocycles. The van der Waals surface area contributed by atoms with E-state index in [1.54, 1.807) is 0 Å². The Hall–Kier alpha value is -2.07. The van der Waals surface area contributed by atoms with E-state index in [2.05, 4.69) is 4.98 Å². The lowest BCUT2D eigenvalue weighted by molar-refractivity contribution is 0.509. The molecule has 20 heavy (non-hydrogen) atoms. The summed E-state index contributed by atoms with van der Waals surface area (Å²) in [5, 5.41) is 2.71. The number of benzene rings is 2. The summed E-state index contributed by atoms with van der Waals surface area (Å²) >= 11 is 1.49. The van der Waals surface area contributed by atoms with E-state index in [1.165, 1.54) is 29.0 Å². The molecule has 0 unspecified atom stereocenters. The first-order chi connectivity index (χ1) is 9.63. The Morgan fingerprint density at radius 1 is 0.900 bits per heavy atom. The average molecular weight is 287 g/mol. The summed E-state index contributed by atoms with van der Waals surface area (Å²) in [5.74, 6) is -1.70. The topological polar surface area (TPSA) is 12.9 Å². The van der Waals surface area contributed by atoms with Gasteiger partial charge in [-0.05, 0) is 25.1 Å². The number of thiazole rings is 1. The fraction of sp³-hybridized carbons (Fsp3) is 0.0625. The number of aryl methyl sites for hydroxylation is 1. The van der Waals surface area contributed by atoms with Crippen molar-refractivity contribution in [3.05, 3.63) is 65.0 Å². The van der Waals surface area contributed by atoms with E-state index in [-0.39, 0.29) is 0 Å². The van der Waals surface area contributed by atoms with Crippen LogP contribution in [0.15, 0.2) is 47.8 Å². The van der Waals surface area contributed by atoms with E-state index in [4.69, 9.17) is 0 Å². The van der Waals surface area contributed by atoms with Crippen LogP contribution in [0.1, 0.15) is 5.56 Å². The van der Waals surface area contributed by atoms with Crippen LogP contribution in [-0.4, -0.2) is 4.98 Å². The zero-order chi connectivity index (χ0) is 14.1. The first kappa shape index (κ1) is 12.9. The van der Waals surface area contributed by atoms with Gasteiger partial charge in [0.1, 0.15) is 5.01 Å².